The van der Waals surface area contributed by atoms with Crippen molar-refractivity contribution in [3.8, 4) is 0 Å². The van der Waals surface area contributed by atoms with E-state index in [1.807, 2.05) is 18.2 Å². The van der Waals surface area contributed by atoms with Crippen LogP contribution in [-0.4, -0.2) is 42.0 Å². The summed E-state index contributed by atoms with van der Waals surface area (Å²) in [5.41, 5.74) is 0.545. The van der Waals surface area contributed by atoms with Gasteiger partial charge in [0.1, 0.15) is 0 Å². The van der Waals surface area contributed by atoms with E-state index in [0.717, 1.165) is 23.2 Å². The quantitative estimate of drug-likeness (QED) is 0.740. The number of carbonyl (C=O) groups excluding carboxylic acids is 1. The first-order valence-electron chi connectivity index (χ1n) is 8.52. The Hall–Kier alpha value is -2.06. The molecule has 1 N–H and O–H groups in total. The maximum Gasteiger partial charge on any atom is 0.416 e. The fourth-order valence-electron chi connectivity index (χ4n) is 2.95. The van der Waals surface area contributed by atoms with Crippen molar-refractivity contribution in [1.29, 1.82) is 0 Å². The van der Waals surface area contributed by atoms with E-state index in [0.29, 0.717) is 26.2 Å². The van der Waals surface area contributed by atoms with Crippen LogP contribution in [0.3, 0.4) is 0 Å². The number of hydrogen-bond acceptors (Lipinski definition) is 2. The molecule has 2 amide bonds. The Bertz CT molecular complexity index is 805. The normalized spacial score (nSPS) is 15.6. The van der Waals surface area contributed by atoms with Crippen LogP contribution in [-0.2, 0) is 12.7 Å². The predicted octanol–water partition coefficient (Wildman–Crippen LogP) is 4.82. The average molecular weight is 442 g/mol. The maximum absolute atomic E-state index is 12.8. The minimum atomic E-state index is -4.43. The molecule has 27 heavy (non-hydrogen) atoms. The molecule has 0 atom stereocenters. The predicted molar refractivity (Wildman–Crippen MR) is 101 cm³/mol. The molecule has 4 nitrogen and oxygen atoms in total. The number of urea groups is 1. The summed E-state index contributed by atoms with van der Waals surface area (Å²) >= 11 is 3.53. The third-order valence-corrected chi connectivity index (χ3v) is 5.23. The highest BCUT2D eigenvalue weighted by Gasteiger charge is 2.30. The van der Waals surface area contributed by atoms with Crippen LogP contribution in [0.15, 0.2) is 53.0 Å². The zero-order valence-corrected chi connectivity index (χ0v) is 16.1. The van der Waals surface area contributed by atoms with Gasteiger partial charge in [-0.05, 0) is 29.8 Å². The molecule has 8 heteroatoms. The Morgan fingerprint density at radius 3 is 2.41 bits per heavy atom. The third kappa shape index (κ3) is 5.23. The molecule has 0 aromatic heterocycles. The Morgan fingerprint density at radius 2 is 1.74 bits per heavy atom. The smallest absolute Gasteiger partial charge is 0.322 e. The van der Waals surface area contributed by atoms with E-state index in [1.54, 1.807) is 4.90 Å². The molecule has 0 spiro atoms. The highest BCUT2D eigenvalue weighted by atomic mass is 79.9. The van der Waals surface area contributed by atoms with E-state index in [4.69, 9.17) is 0 Å². The Morgan fingerprint density at radius 1 is 1.04 bits per heavy atom. The number of amides is 2. The third-order valence-electron chi connectivity index (χ3n) is 4.45. The van der Waals surface area contributed by atoms with E-state index >= 15 is 0 Å². The van der Waals surface area contributed by atoms with Gasteiger partial charge in [0.05, 0.1) is 5.56 Å². The van der Waals surface area contributed by atoms with Crippen molar-refractivity contribution in [2.75, 3.05) is 31.5 Å². The van der Waals surface area contributed by atoms with Gasteiger partial charge in [-0.1, -0.05) is 40.2 Å². The molecule has 0 radical (unpaired) electrons. The maximum atomic E-state index is 12.8. The molecule has 0 bridgehead atoms. The number of carbonyl (C=O) groups is 1. The SMILES string of the molecule is O=C(Nc1cccc(C(F)(F)F)c1)N1CCN(Cc2ccccc2Br)CC1. The van der Waals surface area contributed by atoms with Gasteiger partial charge in [0.2, 0.25) is 0 Å². The molecular weight excluding hydrogens is 423 g/mol. The molecule has 1 fully saturated rings. The van der Waals surface area contributed by atoms with E-state index < -0.39 is 11.7 Å². The second kappa shape index (κ2) is 8.31. The van der Waals surface area contributed by atoms with Gasteiger partial charge in [-0.25, -0.2) is 4.79 Å². The van der Waals surface area contributed by atoms with Gasteiger partial charge in [-0.15, -0.1) is 0 Å². The van der Waals surface area contributed by atoms with E-state index in [2.05, 4.69) is 32.2 Å². The molecule has 1 saturated heterocycles. The molecule has 2 aromatic carbocycles. The summed E-state index contributed by atoms with van der Waals surface area (Å²) in [5, 5.41) is 2.56. The monoisotopic (exact) mass is 441 g/mol. The zero-order valence-electron chi connectivity index (χ0n) is 14.5. The lowest BCUT2D eigenvalue weighted by atomic mass is 10.2. The van der Waals surface area contributed by atoms with Crippen LogP contribution in [0.4, 0.5) is 23.7 Å². The van der Waals surface area contributed by atoms with Crippen molar-refractivity contribution >= 4 is 27.6 Å². The minimum Gasteiger partial charge on any atom is -0.322 e. The van der Waals surface area contributed by atoms with E-state index in [1.165, 1.54) is 17.7 Å². The number of nitrogens with one attached hydrogen (secondary N) is 1. The summed E-state index contributed by atoms with van der Waals surface area (Å²) in [6.07, 6.45) is -4.43. The summed E-state index contributed by atoms with van der Waals surface area (Å²) in [6.45, 7) is 3.24. The standard InChI is InChI=1S/C19H19BrF3N3O/c20-17-7-2-1-4-14(17)13-25-8-10-26(11-9-25)18(27)24-16-6-3-5-15(12-16)19(21,22)23/h1-7,12H,8-11,13H2,(H,24,27). The van der Waals surface area contributed by atoms with Crippen molar-refractivity contribution in [2.24, 2.45) is 0 Å². The van der Waals surface area contributed by atoms with Crippen LogP contribution in [0.1, 0.15) is 11.1 Å². The number of hydrogen-bond donors (Lipinski definition) is 1. The van der Waals surface area contributed by atoms with Gasteiger partial charge in [-0.3, -0.25) is 4.90 Å². The Balaban J connectivity index is 1.54. The summed E-state index contributed by atoms with van der Waals surface area (Å²) in [7, 11) is 0. The van der Waals surface area contributed by atoms with Crippen molar-refractivity contribution < 1.29 is 18.0 Å². The Labute approximate surface area is 164 Å². The second-order valence-corrected chi connectivity index (χ2v) is 7.22. The number of anilines is 1. The first-order chi connectivity index (χ1) is 12.8. The fraction of sp³-hybridized carbons (Fsp3) is 0.316. The number of nitrogens with zero attached hydrogens (tertiary/aromatic N) is 2. The molecular formula is C19H19BrF3N3O. The minimum absolute atomic E-state index is 0.144. The zero-order chi connectivity index (χ0) is 19.4. The molecule has 3 rings (SSSR count). The first kappa shape index (κ1) is 19.7. The van der Waals surface area contributed by atoms with Crippen LogP contribution in [0, 0.1) is 0 Å². The number of halogens is 4. The highest BCUT2D eigenvalue weighted by Crippen LogP contribution is 2.30. The van der Waals surface area contributed by atoms with Gasteiger partial charge in [-0.2, -0.15) is 13.2 Å². The first-order valence-corrected chi connectivity index (χ1v) is 9.31. The second-order valence-electron chi connectivity index (χ2n) is 6.36. The lowest BCUT2D eigenvalue weighted by Gasteiger charge is -2.34. The molecule has 2 aromatic rings. The lowest BCUT2D eigenvalue weighted by Crippen LogP contribution is -2.49. The van der Waals surface area contributed by atoms with E-state index in [-0.39, 0.29) is 11.7 Å². The van der Waals surface area contributed by atoms with Crippen molar-refractivity contribution in [2.45, 2.75) is 12.7 Å². The molecule has 1 aliphatic heterocycles. The van der Waals surface area contributed by atoms with Gasteiger partial charge in [0.25, 0.3) is 0 Å². The Kier molecular flexibility index (Phi) is 6.06. The van der Waals surface area contributed by atoms with Gasteiger partial charge in [0.15, 0.2) is 0 Å². The van der Waals surface area contributed by atoms with E-state index in [9.17, 15) is 18.0 Å². The average Bonchev–Trinajstić information content (AvgIpc) is 2.64. The summed E-state index contributed by atoms with van der Waals surface area (Å²) in [4.78, 5) is 16.2. The summed E-state index contributed by atoms with van der Waals surface area (Å²) in [6, 6.07) is 12.3. The molecule has 1 heterocycles. The number of benzene rings is 2. The highest BCUT2D eigenvalue weighted by molar-refractivity contribution is 9.10. The van der Waals surface area contributed by atoms with Gasteiger partial charge in [0, 0.05) is 42.9 Å². The topological polar surface area (TPSA) is 35.6 Å². The molecule has 1 aliphatic rings. The summed E-state index contributed by atoms with van der Waals surface area (Å²) in [5.74, 6) is 0. The number of piperazine rings is 1. The van der Waals surface area contributed by atoms with Gasteiger partial charge < -0.3 is 10.2 Å². The van der Waals surface area contributed by atoms with Crippen molar-refractivity contribution in [1.82, 2.24) is 9.80 Å². The molecule has 144 valence electrons. The van der Waals surface area contributed by atoms with Crippen molar-refractivity contribution in [3.05, 3.63) is 64.1 Å². The molecule has 0 saturated carbocycles. The lowest BCUT2D eigenvalue weighted by molar-refractivity contribution is -0.137. The molecule has 0 unspecified atom stereocenters. The van der Waals surface area contributed by atoms with Crippen LogP contribution >= 0.6 is 15.9 Å². The fourth-order valence-corrected chi connectivity index (χ4v) is 3.36. The van der Waals surface area contributed by atoms with Crippen LogP contribution < -0.4 is 5.32 Å². The van der Waals surface area contributed by atoms with Crippen LogP contribution in [0.5, 0.6) is 0 Å². The number of rotatable bonds is 3. The van der Waals surface area contributed by atoms with Crippen LogP contribution in [0.25, 0.3) is 0 Å². The van der Waals surface area contributed by atoms with Crippen LogP contribution in [0.2, 0.25) is 0 Å². The van der Waals surface area contributed by atoms with Gasteiger partial charge >= 0.3 is 12.2 Å². The largest absolute Gasteiger partial charge is 0.416 e. The van der Waals surface area contributed by atoms with Crippen molar-refractivity contribution in [3.63, 3.8) is 0 Å². The summed E-state index contributed by atoms with van der Waals surface area (Å²) < 4.78 is 39.4. The number of alkyl halides is 3. The molecule has 0 aliphatic carbocycles.